The highest BCUT2D eigenvalue weighted by atomic mass is 16.6. The molecular formula is C26H35N5O3. The summed E-state index contributed by atoms with van der Waals surface area (Å²) in [6, 6.07) is 17.5. The van der Waals surface area contributed by atoms with E-state index in [1.807, 2.05) is 80.3 Å². The molecular weight excluding hydrogens is 430 g/mol. The summed E-state index contributed by atoms with van der Waals surface area (Å²) in [5, 5.41) is 0. The Morgan fingerprint density at radius 2 is 1.50 bits per heavy atom. The molecule has 0 spiro atoms. The number of amides is 1. The molecule has 2 aromatic carbocycles. The van der Waals surface area contributed by atoms with E-state index in [1.54, 1.807) is 11.0 Å². The minimum Gasteiger partial charge on any atom is -0.488 e. The lowest BCUT2D eigenvalue weighted by molar-refractivity contribution is 0.0170. The van der Waals surface area contributed by atoms with Crippen LogP contribution >= 0.6 is 0 Å². The van der Waals surface area contributed by atoms with Gasteiger partial charge in [0.1, 0.15) is 23.8 Å². The fourth-order valence-electron chi connectivity index (χ4n) is 3.60. The molecule has 6 N–H and O–H groups in total. The van der Waals surface area contributed by atoms with Gasteiger partial charge < -0.3 is 36.5 Å². The van der Waals surface area contributed by atoms with Crippen molar-refractivity contribution in [1.82, 2.24) is 9.80 Å². The normalized spacial score (nSPS) is 14.5. The molecule has 1 saturated heterocycles. The van der Waals surface area contributed by atoms with Crippen molar-refractivity contribution in [3.63, 3.8) is 0 Å². The van der Waals surface area contributed by atoms with Crippen LogP contribution in [0.1, 0.15) is 31.9 Å². The summed E-state index contributed by atoms with van der Waals surface area (Å²) < 4.78 is 11.5. The largest absolute Gasteiger partial charge is 0.488 e. The van der Waals surface area contributed by atoms with E-state index in [1.165, 1.54) is 0 Å². The van der Waals surface area contributed by atoms with Gasteiger partial charge >= 0.3 is 6.09 Å². The fraction of sp³-hybridized carbons (Fsp3) is 0.346. The van der Waals surface area contributed by atoms with E-state index in [9.17, 15) is 4.79 Å². The van der Waals surface area contributed by atoms with Gasteiger partial charge in [0, 0.05) is 37.4 Å². The number of para-hydroxylation sites is 1. The summed E-state index contributed by atoms with van der Waals surface area (Å²) in [6.07, 6.45) is 1.45. The van der Waals surface area contributed by atoms with Gasteiger partial charge in [0.05, 0.1) is 5.70 Å². The van der Waals surface area contributed by atoms with Crippen molar-refractivity contribution >= 4 is 11.8 Å². The molecule has 8 nitrogen and oxygen atoms in total. The molecule has 2 aromatic rings. The molecule has 1 fully saturated rings. The first-order valence-electron chi connectivity index (χ1n) is 11.4. The van der Waals surface area contributed by atoms with Crippen LogP contribution in [-0.4, -0.2) is 47.7 Å². The van der Waals surface area contributed by atoms with Crippen LogP contribution in [0.2, 0.25) is 0 Å². The molecule has 1 amide bonds. The molecule has 0 aromatic heterocycles. The lowest BCUT2D eigenvalue weighted by Crippen LogP contribution is -2.50. The summed E-state index contributed by atoms with van der Waals surface area (Å²) in [5.41, 5.74) is 20.9. The minimum atomic E-state index is -0.534. The summed E-state index contributed by atoms with van der Waals surface area (Å²) in [4.78, 5) is 16.1. The topological polar surface area (TPSA) is 120 Å². The fourth-order valence-corrected chi connectivity index (χ4v) is 3.60. The molecule has 1 aliphatic heterocycles. The van der Waals surface area contributed by atoms with Crippen LogP contribution in [0.15, 0.2) is 72.2 Å². The van der Waals surface area contributed by atoms with Crippen LogP contribution < -0.4 is 21.9 Å². The molecule has 0 saturated carbocycles. The van der Waals surface area contributed by atoms with E-state index in [0.717, 1.165) is 11.1 Å². The number of nitrogens with two attached hydrogens (primary N) is 3. The first-order chi connectivity index (χ1) is 16.1. The lowest BCUT2D eigenvalue weighted by Gasteiger charge is -2.37. The van der Waals surface area contributed by atoms with Gasteiger partial charge in [0.25, 0.3) is 0 Å². The van der Waals surface area contributed by atoms with Crippen molar-refractivity contribution < 1.29 is 14.3 Å². The van der Waals surface area contributed by atoms with E-state index < -0.39 is 5.60 Å². The molecule has 0 aliphatic carbocycles. The number of hydrogen-bond donors (Lipinski definition) is 3. The second kappa shape index (κ2) is 10.9. The monoisotopic (exact) mass is 465 g/mol. The van der Waals surface area contributed by atoms with Gasteiger partial charge in [0.2, 0.25) is 0 Å². The van der Waals surface area contributed by atoms with Gasteiger partial charge in [-0.25, -0.2) is 4.79 Å². The Hall–Kier alpha value is -3.81. The van der Waals surface area contributed by atoms with Gasteiger partial charge in [-0.15, -0.1) is 0 Å². The molecule has 0 radical (unpaired) electrons. The predicted octanol–water partition coefficient (Wildman–Crippen LogP) is 3.20. The summed E-state index contributed by atoms with van der Waals surface area (Å²) in [6.45, 7) is 8.10. The quantitative estimate of drug-likeness (QED) is 0.560. The zero-order valence-corrected chi connectivity index (χ0v) is 20.2. The summed E-state index contributed by atoms with van der Waals surface area (Å²) in [5.74, 6) is 0.834. The Bertz CT molecular complexity index is 1030. The molecule has 0 atom stereocenters. The summed E-state index contributed by atoms with van der Waals surface area (Å²) in [7, 11) is 0. The highest BCUT2D eigenvalue weighted by Gasteiger charge is 2.27. The van der Waals surface area contributed by atoms with Crippen molar-refractivity contribution in [1.29, 1.82) is 0 Å². The number of allylic oxidation sites excluding steroid dienone is 1. The maximum Gasteiger partial charge on any atom is 0.410 e. The number of hydrogen-bond acceptors (Lipinski definition) is 7. The zero-order valence-electron chi connectivity index (χ0n) is 20.2. The van der Waals surface area contributed by atoms with Crippen LogP contribution in [-0.2, 0) is 11.3 Å². The van der Waals surface area contributed by atoms with Crippen molar-refractivity contribution in [3.8, 4) is 5.75 Å². The standard InChI is InChI=1S/C26H35N5O3/c1-26(2,3)34-25(32)31-15-13-30(14-16-31)22(24(28)29)17-21(27)20-11-7-8-12-23(20)33-18-19-9-5-4-6-10-19/h4-12,17H,13-16,18,27-29H2,1-3H3/b21-17-. The number of benzene rings is 2. The second-order valence-corrected chi connectivity index (χ2v) is 9.17. The lowest BCUT2D eigenvalue weighted by atomic mass is 10.1. The van der Waals surface area contributed by atoms with E-state index in [4.69, 9.17) is 26.7 Å². The van der Waals surface area contributed by atoms with Crippen LogP contribution in [0.3, 0.4) is 0 Å². The third-order valence-corrected chi connectivity index (χ3v) is 5.30. The van der Waals surface area contributed by atoms with E-state index in [-0.39, 0.29) is 11.9 Å². The number of nitrogens with zero attached hydrogens (tertiary/aromatic N) is 2. The van der Waals surface area contributed by atoms with Gasteiger partial charge in [-0.2, -0.15) is 0 Å². The maximum absolute atomic E-state index is 12.4. The molecule has 182 valence electrons. The maximum atomic E-state index is 12.4. The Morgan fingerprint density at radius 3 is 2.12 bits per heavy atom. The first kappa shape index (κ1) is 24.8. The van der Waals surface area contributed by atoms with E-state index in [0.29, 0.717) is 49.9 Å². The first-order valence-corrected chi connectivity index (χ1v) is 11.4. The molecule has 0 bridgehead atoms. The van der Waals surface area contributed by atoms with Crippen molar-refractivity contribution in [2.45, 2.75) is 33.0 Å². The SMILES string of the molecule is CC(C)(C)OC(=O)N1CCN(C(/C=C(\N)c2ccccc2OCc2ccccc2)=C(N)N)CC1. The average Bonchev–Trinajstić information content (AvgIpc) is 2.81. The number of carbonyl (C=O) groups excluding carboxylic acids is 1. The number of carbonyl (C=O) groups is 1. The van der Waals surface area contributed by atoms with Crippen LogP contribution in [0.5, 0.6) is 5.75 Å². The van der Waals surface area contributed by atoms with E-state index >= 15 is 0 Å². The van der Waals surface area contributed by atoms with Crippen LogP contribution in [0.4, 0.5) is 4.79 Å². The highest BCUT2D eigenvalue weighted by Crippen LogP contribution is 2.26. The van der Waals surface area contributed by atoms with Gasteiger partial charge in [-0.05, 0) is 44.5 Å². The molecule has 8 heteroatoms. The van der Waals surface area contributed by atoms with E-state index in [2.05, 4.69) is 0 Å². The van der Waals surface area contributed by atoms with Crippen LogP contribution in [0.25, 0.3) is 5.70 Å². The Morgan fingerprint density at radius 1 is 0.912 bits per heavy atom. The Balaban J connectivity index is 1.71. The number of rotatable bonds is 6. The van der Waals surface area contributed by atoms with Gasteiger partial charge in [0.15, 0.2) is 0 Å². The zero-order chi connectivity index (χ0) is 24.7. The number of piperazine rings is 1. The molecule has 1 heterocycles. The highest BCUT2D eigenvalue weighted by molar-refractivity contribution is 5.70. The molecule has 3 rings (SSSR count). The molecule has 0 unspecified atom stereocenters. The van der Waals surface area contributed by atoms with Gasteiger partial charge in [-0.1, -0.05) is 42.5 Å². The van der Waals surface area contributed by atoms with Crippen LogP contribution in [0, 0.1) is 0 Å². The van der Waals surface area contributed by atoms with Gasteiger partial charge in [-0.3, -0.25) is 0 Å². The smallest absolute Gasteiger partial charge is 0.410 e. The molecule has 1 aliphatic rings. The third kappa shape index (κ3) is 6.84. The predicted molar refractivity (Wildman–Crippen MR) is 134 cm³/mol. The van der Waals surface area contributed by atoms with Crippen molar-refractivity contribution in [3.05, 3.63) is 83.3 Å². The van der Waals surface area contributed by atoms with Crippen molar-refractivity contribution in [2.75, 3.05) is 26.2 Å². The third-order valence-electron chi connectivity index (χ3n) is 5.30. The second-order valence-electron chi connectivity index (χ2n) is 9.17. The average molecular weight is 466 g/mol. The number of ether oxygens (including phenoxy) is 2. The molecule has 34 heavy (non-hydrogen) atoms. The Kier molecular flexibility index (Phi) is 7.94. The van der Waals surface area contributed by atoms with Crippen molar-refractivity contribution in [2.24, 2.45) is 17.2 Å². The minimum absolute atomic E-state index is 0.163. The summed E-state index contributed by atoms with van der Waals surface area (Å²) >= 11 is 0. The Labute approximate surface area is 201 Å².